The summed E-state index contributed by atoms with van der Waals surface area (Å²) in [6, 6.07) is 6.39. The number of nitrogens with two attached hydrogens (primary N) is 1. The lowest BCUT2D eigenvalue weighted by Crippen LogP contribution is -2.42. The van der Waals surface area contributed by atoms with E-state index in [4.69, 9.17) is 5.73 Å². The van der Waals surface area contributed by atoms with Crippen LogP contribution in [0.1, 0.15) is 15.9 Å². The van der Waals surface area contributed by atoms with E-state index < -0.39 is 5.82 Å². The molecule has 0 spiro atoms. The summed E-state index contributed by atoms with van der Waals surface area (Å²) in [7, 11) is 1.81. The van der Waals surface area contributed by atoms with E-state index in [9.17, 15) is 14.3 Å². The minimum Gasteiger partial charge on any atom is -0.396 e. The molecule has 9 nitrogen and oxygen atoms in total. The van der Waals surface area contributed by atoms with E-state index in [-0.39, 0.29) is 37.3 Å². The normalized spacial score (nSPS) is 16.4. The van der Waals surface area contributed by atoms with Crippen LogP contribution < -0.4 is 10.7 Å². The summed E-state index contributed by atoms with van der Waals surface area (Å²) in [6.45, 7) is 2.24. The third kappa shape index (κ3) is 3.02. The molecule has 1 aliphatic heterocycles. The number of aromatic nitrogens is 4. The van der Waals surface area contributed by atoms with Gasteiger partial charge in [-0.3, -0.25) is 14.5 Å². The fourth-order valence-corrected chi connectivity index (χ4v) is 4.30. The van der Waals surface area contributed by atoms with Gasteiger partial charge < -0.3 is 10.8 Å². The molecular formula is C22H22FN7O2. The van der Waals surface area contributed by atoms with Crippen molar-refractivity contribution in [2.24, 2.45) is 13.0 Å². The molecule has 1 amide bonds. The van der Waals surface area contributed by atoms with Crippen LogP contribution >= 0.6 is 0 Å². The number of hydrazine groups is 1. The molecule has 10 heteroatoms. The van der Waals surface area contributed by atoms with E-state index in [0.717, 1.165) is 10.9 Å². The maximum Gasteiger partial charge on any atom is 0.272 e. The molecule has 1 saturated heterocycles. The molecule has 0 bridgehead atoms. The standard InChI is InChI=1S/C22H22FN7O2/c1-12-6-18-15(19-16(20(24)27-18)8-26-28(19)2)7-14(12)22(32)30-10-13(11-31)9-29(30)21-17(23)4-3-5-25-21/h3-8,13,31H,9-11H2,1-2H3,(H2,24,27). The van der Waals surface area contributed by atoms with Crippen molar-refractivity contribution >= 4 is 39.3 Å². The van der Waals surface area contributed by atoms with Crippen molar-refractivity contribution in [2.45, 2.75) is 6.92 Å². The molecule has 0 radical (unpaired) electrons. The molecule has 32 heavy (non-hydrogen) atoms. The summed E-state index contributed by atoms with van der Waals surface area (Å²) in [5, 5.41) is 18.4. The van der Waals surface area contributed by atoms with Crippen molar-refractivity contribution in [1.29, 1.82) is 0 Å². The quantitative estimate of drug-likeness (QED) is 0.506. The zero-order valence-electron chi connectivity index (χ0n) is 17.7. The summed E-state index contributed by atoms with van der Waals surface area (Å²) in [5.41, 5.74) is 8.70. The molecule has 1 aromatic carbocycles. The molecule has 1 aliphatic rings. The highest BCUT2D eigenvalue weighted by molar-refractivity contribution is 6.10. The maximum atomic E-state index is 14.5. The number of rotatable bonds is 3. The molecule has 4 heterocycles. The number of aliphatic hydroxyl groups is 1. The summed E-state index contributed by atoms with van der Waals surface area (Å²) in [5.74, 6) is -0.626. The highest BCUT2D eigenvalue weighted by Crippen LogP contribution is 2.32. The van der Waals surface area contributed by atoms with E-state index in [1.54, 1.807) is 24.0 Å². The summed E-state index contributed by atoms with van der Waals surface area (Å²) < 4.78 is 16.2. The number of benzene rings is 1. The average molecular weight is 435 g/mol. The van der Waals surface area contributed by atoms with Crippen molar-refractivity contribution in [3.8, 4) is 0 Å². The third-order valence-electron chi connectivity index (χ3n) is 5.91. The number of anilines is 2. The Morgan fingerprint density at radius 1 is 1.31 bits per heavy atom. The van der Waals surface area contributed by atoms with E-state index >= 15 is 0 Å². The molecule has 3 N–H and O–H groups in total. The summed E-state index contributed by atoms with van der Waals surface area (Å²) >= 11 is 0. The lowest BCUT2D eigenvalue weighted by Gasteiger charge is -2.29. The Morgan fingerprint density at radius 3 is 2.88 bits per heavy atom. The fourth-order valence-electron chi connectivity index (χ4n) is 4.30. The first-order valence-corrected chi connectivity index (χ1v) is 10.2. The third-order valence-corrected chi connectivity index (χ3v) is 5.91. The lowest BCUT2D eigenvalue weighted by atomic mass is 10.0. The zero-order chi connectivity index (χ0) is 22.6. The van der Waals surface area contributed by atoms with Crippen LogP contribution in [0.2, 0.25) is 0 Å². The number of nitrogen functional groups attached to an aromatic ring is 1. The first kappa shape index (κ1) is 20.1. The van der Waals surface area contributed by atoms with Crippen molar-refractivity contribution in [3.05, 3.63) is 53.6 Å². The van der Waals surface area contributed by atoms with Crippen LogP contribution in [-0.2, 0) is 7.05 Å². The van der Waals surface area contributed by atoms with E-state index in [2.05, 4.69) is 15.1 Å². The van der Waals surface area contributed by atoms with E-state index in [0.29, 0.717) is 27.8 Å². The van der Waals surface area contributed by atoms with Gasteiger partial charge in [-0.1, -0.05) is 0 Å². The zero-order valence-corrected chi connectivity index (χ0v) is 17.7. The van der Waals surface area contributed by atoms with Crippen LogP contribution in [-0.4, -0.2) is 55.5 Å². The number of pyridine rings is 2. The predicted molar refractivity (Wildman–Crippen MR) is 118 cm³/mol. The van der Waals surface area contributed by atoms with Gasteiger partial charge in [-0.05, 0) is 36.8 Å². The van der Waals surface area contributed by atoms with Gasteiger partial charge in [-0.2, -0.15) is 5.10 Å². The Kier molecular flexibility index (Phi) is 4.66. The average Bonchev–Trinajstić information content (AvgIpc) is 3.38. The minimum atomic E-state index is -0.532. The highest BCUT2D eigenvalue weighted by Gasteiger charge is 2.36. The molecule has 1 fully saturated rings. The smallest absolute Gasteiger partial charge is 0.272 e. The van der Waals surface area contributed by atoms with Crippen LogP contribution in [0.15, 0.2) is 36.7 Å². The SMILES string of the molecule is Cc1cc2nc(N)c3cnn(C)c3c2cc1C(=O)N1CC(CO)CN1c1ncccc1F. The molecule has 0 saturated carbocycles. The van der Waals surface area contributed by atoms with Gasteiger partial charge in [0.2, 0.25) is 0 Å². The second-order valence-electron chi connectivity index (χ2n) is 8.04. The Hall–Kier alpha value is -3.79. The van der Waals surface area contributed by atoms with Crippen LogP contribution in [0, 0.1) is 18.7 Å². The Bertz CT molecular complexity index is 1370. The number of aliphatic hydroxyl groups excluding tert-OH is 1. The molecule has 1 atom stereocenters. The molecule has 0 aliphatic carbocycles. The van der Waals surface area contributed by atoms with Gasteiger partial charge in [0, 0.05) is 49.8 Å². The van der Waals surface area contributed by atoms with Crippen molar-refractivity contribution in [2.75, 3.05) is 30.4 Å². The Morgan fingerprint density at radius 2 is 2.12 bits per heavy atom. The number of hydrogen-bond acceptors (Lipinski definition) is 7. The molecule has 3 aromatic heterocycles. The monoisotopic (exact) mass is 435 g/mol. The van der Waals surface area contributed by atoms with Gasteiger partial charge in [-0.15, -0.1) is 0 Å². The van der Waals surface area contributed by atoms with Gasteiger partial charge in [0.1, 0.15) is 5.82 Å². The number of hydrogen-bond donors (Lipinski definition) is 2. The van der Waals surface area contributed by atoms with Gasteiger partial charge >= 0.3 is 0 Å². The maximum absolute atomic E-state index is 14.5. The summed E-state index contributed by atoms with van der Waals surface area (Å²) in [6.07, 6.45) is 3.13. The first-order chi connectivity index (χ1) is 15.4. The minimum absolute atomic E-state index is 0.0544. The van der Waals surface area contributed by atoms with Gasteiger partial charge in [0.25, 0.3) is 5.91 Å². The van der Waals surface area contributed by atoms with Gasteiger partial charge in [-0.25, -0.2) is 19.4 Å². The van der Waals surface area contributed by atoms with Crippen molar-refractivity contribution < 1.29 is 14.3 Å². The number of aryl methyl sites for hydroxylation is 2. The van der Waals surface area contributed by atoms with Gasteiger partial charge in [0.05, 0.1) is 22.6 Å². The number of amides is 1. The van der Waals surface area contributed by atoms with Crippen molar-refractivity contribution in [1.82, 2.24) is 24.8 Å². The first-order valence-electron chi connectivity index (χ1n) is 10.2. The highest BCUT2D eigenvalue weighted by atomic mass is 19.1. The molecule has 5 rings (SSSR count). The number of carbonyl (C=O) groups excluding carboxylic acids is 1. The van der Waals surface area contributed by atoms with E-state index in [1.165, 1.54) is 28.3 Å². The van der Waals surface area contributed by atoms with Crippen LogP contribution in [0.5, 0.6) is 0 Å². The van der Waals surface area contributed by atoms with Crippen LogP contribution in [0.4, 0.5) is 16.0 Å². The number of fused-ring (bicyclic) bond motifs is 3. The Balaban J connectivity index is 1.64. The number of halogens is 1. The predicted octanol–water partition coefficient (Wildman–Crippen LogP) is 2.03. The second-order valence-corrected chi connectivity index (χ2v) is 8.04. The largest absolute Gasteiger partial charge is 0.396 e. The van der Waals surface area contributed by atoms with E-state index in [1.807, 2.05) is 13.0 Å². The fraction of sp³-hybridized carbons (Fsp3) is 0.273. The lowest BCUT2D eigenvalue weighted by molar-refractivity contribution is 0.0762. The Labute approximate surface area is 182 Å². The summed E-state index contributed by atoms with van der Waals surface area (Å²) in [4.78, 5) is 22.3. The number of carbonyl (C=O) groups is 1. The second kappa shape index (κ2) is 7.41. The topological polar surface area (TPSA) is 113 Å². The van der Waals surface area contributed by atoms with Crippen molar-refractivity contribution in [3.63, 3.8) is 0 Å². The van der Waals surface area contributed by atoms with Crippen LogP contribution in [0.3, 0.4) is 0 Å². The number of nitrogens with zero attached hydrogens (tertiary/aromatic N) is 6. The molecule has 1 unspecified atom stereocenters. The molecular weight excluding hydrogens is 413 g/mol. The van der Waals surface area contributed by atoms with Gasteiger partial charge in [0.15, 0.2) is 11.6 Å². The molecule has 164 valence electrons. The molecule has 4 aromatic rings. The van der Waals surface area contributed by atoms with Crippen LogP contribution in [0.25, 0.3) is 21.8 Å².